The predicted molar refractivity (Wildman–Crippen MR) is 368 cm³/mol. The Morgan fingerprint density at radius 3 is 1.26 bits per heavy atom. The molecule has 6 aliphatic heterocycles. The molecule has 9 fully saturated rings. The molecular weight excluding hydrogens is 1290 g/mol. The Morgan fingerprint density at radius 2 is 0.870 bits per heavy atom. The van der Waals surface area contributed by atoms with E-state index in [1.807, 2.05) is 84.9 Å². The molecule has 6 aromatic carbocycles. The van der Waals surface area contributed by atoms with E-state index in [9.17, 15) is 40.7 Å². The van der Waals surface area contributed by atoms with Crippen LogP contribution in [0.2, 0.25) is 0 Å². The van der Waals surface area contributed by atoms with Crippen LogP contribution in [0.5, 0.6) is 17.2 Å². The van der Waals surface area contributed by atoms with E-state index in [2.05, 4.69) is 75.0 Å². The summed E-state index contributed by atoms with van der Waals surface area (Å²) in [4.78, 5) is 42.0. The molecule has 6 aromatic rings. The van der Waals surface area contributed by atoms with E-state index >= 15 is 0 Å². The van der Waals surface area contributed by atoms with Crippen LogP contribution >= 0.6 is 0 Å². The molecule has 15 rings (SSSR count). The molecular formula is C79H94F6N6O9. The van der Waals surface area contributed by atoms with Crippen molar-refractivity contribution in [3.63, 3.8) is 0 Å². The van der Waals surface area contributed by atoms with Crippen molar-refractivity contribution in [1.82, 2.24) is 30.2 Å². The van der Waals surface area contributed by atoms with Crippen molar-refractivity contribution in [2.45, 2.75) is 173 Å². The normalized spacial score (nSPS) is 26.1. The minimum Gasteiger partial charge on any atom is -0.497 e. The molecule has 3 spiro atoms. The van der Waals surface area contributed by atoms with Gasteiger partial charge in [0, 0.05) is 86.8 Å². The van der Waals surface area contributed by atoms with Crippen molar-refractivity contribution in [1.29, 1.82) is 0 Å². The Kier molecular flexibility index (Phi) is 23.1. The van der Waals surface area contributed by atoms with E-state index in [0.717, 1.165) is 142 Å². The fourth-order valence-corrected chi connectivity index (χ4v) is 16.1. The molecule has 0 aromatic heterocycles. The highest BCUT2D eigenvalue weighted by atomic mass is 19.4. The summed E-state index contributed by atoms with van der Waals surface area (Å²) in [7, 11) is 4.95. The van der Waals surface area contributed by atoms with Crippen molar-refractivity contribution in [2.24, 2.45) is 0 Å². The molecule has 3 saturated carbocycles. The Balaban J connectivity index is 0.000000134. The SMILES string of the molecule is COc1ccc(C=O)cc1.COc1ccc(CN2CCC3(CC2)CC(N(C(=O)C(F)(F)F)[C@@H]2C[C@H]2c2ccccc2)CO3)cc1.COc1ccc(CN2CCC3(CC2)CC(N[C@@H]2C[C@H]2c2ccccc2)CO3)cc1.O=C(N(C1COC2(CCNCC2)C1)[C@@H]1C[C@H]1c1ccccc1)C(F)(F)F. The second-order valence-electron chi connectivity index (χ2n) is 28.6. The first-order valence-electron chi connectivity index (χ1n) is 35.4. The summed E-state index contributed by atoms with van der Waals surface area (Å²) in [5.74, 6) is -0.319. The van der Waals surface area contributed by atoms with Gasteiger partial charge in [-0.25, -0.2) is 0 Å². The smallest absolute Gasteiger partial charge is 0.471 e. The number of hydrogen-bond acceptors (Lipinski definition) is 13. The second kappa shape index (κ2) is 31.9. The number of hydrogen-bond donors (Lipinski definition) is 2. The molecule has 100 heavy (non-hydrogen) atoms. The zero-order chi connectivity index (χ0) is 70.1. The number of carbonyl (C=O) groups excluding carboxylic acids is 3. The van der Waals surface area contributed by atoms with Gasteiger partial charge in [-0.2, -0.15) is 26.3 Å². The third-order valence-electron chi connectivity index (χ3n) is 21.9. The maximum absolute atomic E-state index is 13.6. The monoisotopic (exact) mass is 1380 g/mol. The molecule has 0 bridgehead atoms. The van der Waals surface area contributed by atoms with Gasteiger partial charge in [-0.15, -0.1) is 0 Å². The summed E-state index contributed by atoms with van der Waals surface area (Å²) in [6.07, 6.45) is 0.955. The molecule has 9 atom stereocenters. The van der Waals surface area contributed by atoms with E-state index in [0.29, 0.717) is 49.2 Å². The minimum atomic E-state index is -4.89. The van der Waals surface area contributed by atoms with Gasteiger partial charge in [0.2, 0.25) is 0 Å². The molecule has 6 heterocycles. The third kappa shape index (κ3) is 18.3. The molecule has 2 N–H and O–H groups in total. The number of likely N-dealkylation sites (tertiary alicyclic amines) is 2. The zero-order valence-corrected chi connectivity index (χ0v) is 57.4. The number of amides is 2. The summed E-state index contributed by atoms with van der Waals surface area (Å²) >= 11 is 0. The quantitative estimate of drug-likeness (QED) is 0.0661. The van der Waals surface area contributed by atoms with E-state index in [1.54, 1.807) is 45.6 Å². The second-order valence-corrected chi connectivity index (χ2v) is 28.6. The standard InChI is InChI=1S/C27H31F3N2O3.C25H32N2O2.C19H23F3N2O2.C8H8O2/c1-34-22-9-7-19(8-10-22)17-31-13-11-26(12-14-31)16-21(18-35-26)32(25(33)27(28,29)30)24-15-23(24)20-5-3-2-4-6-20;1-28-22-9-7-19(8-10-22)17-27-13-11-25(12-14-27)16-21(18-29-25)26-24-15-23(24)20-5-3-2-4-6-20;20-19(21,22)17(25)24(16-10-15(16)13-4-2-1-3-5-13)14-11-18(26-12-14)6-8-23-9-7-18;1-10-8-4-2-7(6-9)3-5-8/h2-10,21,23-24H,11-18H2,1H3;2-10,21,23-24,26H,11-18H2,1H3;1-5,14-16,23H,6-12H2;2-6H,1H3/t2*21?,23-,24+;14?,15-,16+;/m000./s1. The Bertz CT molecular complexity index is 3590. The number of methoxy groups -OCH3 is 3. The number of aldehydes is 1. The minimum absolute atomic E-state index is 0.0212. The number of piperidine rings is 3. The van der Waals surface area contributed by atoms with Crippen molar-refractivity contribution in [3.8, 4) is 17.2 Å². The highest BCUT2D eigenvalue weighted by molar-refractivity contribution is 5.84. The first-order chi connectivity index (χ1) is 48.3. The van der Waals surface area contributed by atoms with Gasteiger partial charge in [0.15, 0.2) is 0 Å². The number of nitrogens with one attached hydrogen (secondary N) is 2. The molecule has 21 heteroatoms. The maximum atomic E-state index is 13.6. The lowest BCUT2D eigenvalue weighted by Gasteiger charge is -2.39. The number of benzene rings is 6. The third-order valence-corrected chi connectivity index (χ3v) is 21.9. The van der Waals surface area contributed by atoms with Crippen LogP contribution in [0.1, 0.15) is 133 Å². The van der Waals surface area contributed by atoms with Crippen molar-refractivity contribution < 1.29 is 69.1 Å². The van der Waals surface area contributed by atoms with Gasteiger partial charge in [0.25, 0.3) is 0 Å². The fourth-order valence-electron chi connectivity index (χ4n) is 16.1. The van der Waals surface area contributed by atoms with Crippen LogP contribution in [0.4, 0.5) is 26.3 Å². The van der Waals surface area contributed by atoms with Crippen molar-refractivity contribution >= 4 is 18.1 Å². The van der Waals surface area contributed by atoms with Crippen LogP contribution < -0.4 is 24.8 Å². The van der Waals surface area contributed by atoms with Crippen LogP contribution in [0.3, 0.4) is 0 Å². The number of nitrogens with zero attached hydrogens (tertiary/aromatic N) is 4. The number of rotatable bonds is 17. The Morgan fingerprint density at radius 1 is 0.500 bits per heavy atom. The van der Waals surface area contributed by atoms with E-state index in [4.69, 9.17) is 28.4 Å². The summed E-state index contributed by atoms with van der Waals surface area (Å²) < 4.78 is 114. The predicted octanol–water partition coefficient (Wildman–Crippen LogP) is 13.1. The lowest BCUT2D eigenvalue weighted by atomic mass is 9.86. The molecule has 536 valence electrons. The number of alkyl halides is 6. The van der Waals surface area contributed by atoms with Gasteiger partial charge >= 0.3 is 24.2 Å². The molecule has 6 saturated heterocycles. The zero-order valence-electron chi connectivity index (χ0n) is 57.4. The first kappa shape index (κ1) is 72.4. The van der Waals surface area contributed by atoms with Gasteiger partial charge in [0.1, 0.15) is 23.5 Å². The highest BCUT2D eigenvalue weighted by Crippen LogP contribution is 2.52. The van der Waals surface area contributed by atoms with E-state index in [1.165, 1.54) is 29.5 Å². The van der Waals surface area contributed by atoms with E-state index < -0.39 is 53.9 Å². The van der Waals surface area contributed by atoms with Gasteiger partial charge in [-0.1, -0.05) is 115 Å². The summed E-state index contributed by atoms with van der Waals surface area (Å²) in [5.41, 5.74) is 5.94. The fraction of sp³-hybridized carbons (Fsp3) is 0.506. The molecule has 3 aliphatic carbocycles. The van der Waals surface area contributed by atoms with E-state index in [-0.39, 0.29) is 36.3 Å². The van der Waals surface area contributed by atoms with Crippen LogP contribution in [0.25, 0.3) is 0 Å². The summed E-state index contributed by atoms with van der Waals surface area (Å²) in [5, 5.41) is 7.13. The van der Waals surface area contributed by atoms with Gasteiger partial charge in [0.05, 0.1) is 70.0 Å². The van der Waals surface area contributed by atoms with Crippen LogP contribution in [0, 0.1) is 0 Å². The van der Waals surface area contributed by atoms with Crippen molar-refractivity contribution in [2.75, 3.05) is 80.4 Å². The number of halogens is 6. The highest BCUT2D eigenvalue weighted by Gasteiger charge is 2.59. The van der Waals surface area contributed by atoms with Crippen LogP contribution in [-0.4, -0.2) is 184 Å². The largest absolute Gasteiger partial charge is 0.497 e. The number of ether oxygens (including phenoxy) is 6. The van der Waals surface area contributed by atoms with Crippen LogP contribution in [0.15, 0.2) is 164 Å². The Hall–Kier alpha value is -7.37. The molecule has 15 nitrogen and oxygen atoms in total. The molecule has 0 radical (unpaired) electrons. The average molecular weight is 1390 g/mol. The summed E-state index contributed by atoms with van der Waals surface area (Å²) in [6.45, 7) is 8.51. The lowest BCUT2D eigenvalue weighted by molar-refractivity contribution is -0.188. The maximum Gasteiger partial charge on any atom is 0.471 e. The van der Waals surface area contributed by atoms with Gasteiger partial charge < -0.3 is 48.9 Å². The molecule has 9 aliphatic rings. The van der Waals surface area contributed by atoms with Gasteiger partial charge in [-0.3, -0.25) is 24.2 Å². The van der Waals surface area contributed by atoms with Gasteiger partial charge in [-0.05, 0) is 166 Å². The Labute approximate surface area is 583 Å². The van der Waals surface area contributed by atoms with Crippen molar-refractivity contribution in [3.05, 3.63) is 197 Å². The first-order valence-corrected chi connectivity index (χ1v) is 35.4. The lowest BCUT2D eigenvalue weighted by Crippen LogP contribution is -2.50. The topological polar surface area (TPSA) is 144 Å². The average Bonchev–Trinajstić information content (AvgIpc) is 1.60. The molecule has 3 unspecified atom stereocenters. The number of carbonyl (C=O) groups is 3. The molecule has 2 amide bonds. The van der Waals surface area contributed by atoms with Crippen LogP contribution in [-0.2, 0) is 36.9 Å². The summed E-state index contributed by atoms with van der Waals surface area (Å²) in [6, 6.07) is 52.6.